The highest BCUT2D eigenvalue weighted by Crippen LogP contribution is 2.14. The number of nitrogens with two attached hydrogens (primary N) is 1. The van der Waals surface area contributed by atoms with E-state index in [0.29, 0.717) is 0 Å². The highest BCUT2D eigenvalue weighted by molar-refractivity contribution is 5.25. The molecule has 94 valence electrons. The second-order valence-corrected chi connectivity index (χ2v) is 4.61. The fourth-order valence-corrected chi connectivity index (χ4v) is 2.17. The van der Waals surface area contributed by atoms with E-state index in [9.17, 15) is 0 Å². The van der Waals surface area contributed by atoms with Crippen LogP contribution in [-0.2, 0) is 11.2 Å². The van der Waals surface area contributed by atoms with E-state index in [-0.39, 0.29) is 6.04 Å². The van der Waals surface area contributed by atoms with Crippen LogP contribution in [0.25, 0.3) is 0 Å². The van der Waals surface area contributed by atoms with Gasteiger partial charge in [0.15, 0.2) is 0 Å². The molecule has 1 aromatic rings. The topological polar surface area (TPSA) is 38.5 Å². The maximum atomic E-state index is 6.23. The molecule has 1 saturated heterocycles. The maximum Gasteiger partial charge on any atom is 0.0594 e. The second kappa shape index (κ2) is 6.15. The van der Waals surface area contributed by atoms with Crippen LogP contribution in [0.4, 0.5) is 0 Å². The Bertz CT molecular complexity index is 331. The third-order valence-corrected chi connectivity index (χ3v) is 3.37. The van der Waals surface area contributed by atoms with Gasteiger partial charge in [0.1, 0.15) is 0 Å². The molecule has 1 fully saturated rings. The third kappa shape index (κ3) is 3.53. The van der Waals surface area contributed by atoms with Crippen LogP contribution in [0.1, 0.15) is 24.1 Å². The van der Waals surface area contributed by atoms with E-state index in [1.54, 1.807) is 0 Å². The molecule has 0 aliphatic carbocycles. The van der Waals surface area contributed by atoms with Crippen LogP contribution in [0, 0.1) is 0 Å². The summed E-state index contributed by atoms with van der Waals surface area (Å²) in [6.07, 6.45) is 1.08. The molecule has 1 heterocycles. The van der Waals surface area contributed by atoms with Gasteiger partial charge in [0, 0.05) is 25.7 Å². The van der Waals surface area contributed by atoms with Gasteiger partial charge in [0.2, 0.25) is 0 Å². The lowest BCUT2D eigenvalue weighted by Crippen LogP contribution is -2.40. The largest absolute Gasteiger partial charge is 0.379 e. The van der Waals surface area contributed by atoms with E-state index >= 15 is 0 Å². The quantitative estimate of drug-likeness (QED) is 0.859. The predicted molar refractivity (Wildman–Crippen MR) is 70.0 cm³/mol. The maximum absolute atomic E-state index is 6.23. The number of ether oxygens (including phenoxy) is 1. The number of benzene rings is 1. The molecular formula is C14H22N2O. The molecule has 0 aromatic heterocycles. The lowest BCUT2D eigenvalue weighted by atomic mass is 10.0. The van der Waals surface area contributed by atoms with Crippen molar-refractivity contribution in [2.75, 3.05) is 32.8 Å². The Morgan fingerprint density at radius 2 is 1.88 bits per heavy atom. The van der Waals surface area contributed by atoms with Crippen LogP contribution in [0.15, 0.2) is 24.3 Å². The zero-order valence-electron chi connectivity index (χ0n) is 10.6. The Balaban J connectivity index is 1.91. The van der Waals surface area contributed by atoms with Crippen molar-refractivity contribution in [2.24, 2.45) is 5.73 Å². The SMILES string of the molecule is CCc1ccc(C(N)CN2CCOCC2)cc1. The van der Waals surface area contributed by atoms with Gasteiger partial charge in [-0.25, -0.2) is 0 Å². The first-order valence-electron chi connectivity index (χ1n) is 6.44. The van der Waals surface area contributed by atoms with Crippen LogP contribution in [0.5, 0.6) is 0 Å². The molecule has 1 atom stereocenters. The predicted octanol–water partition coefficient (Wildman–Crippen LogP) is 1.58. The zero-order chi connectivity index (χ0) is 12.1. The summed E-state index contributed by atoms with van der Waals surface area (Å²) in [5.41, 5.74) is 8.83. The number of morpholine rings is 1. The third-order valence-electron chi connectivity index (χ3n) is 3.37. The zero-order valence-corrected chi connectivity index (χ0v) is 10.6. The molecule has 2 rings (SSSR count). The fraction of sp³-hybridized carbons (Fsp3) is 0.571. The number of aryl methyl sites for hydroxylation is 1. The number of hydrogen-bond acceptors (Lipinski definition) is 3. The summed E-state index contributed by atoms with van der Waals surface area (Å²) < 4.78 is 5.33. The van der Waals surface area contributed by atoms with Gasteiger partial charge in [-0.3, -0.25) is 4.90 Å². The van der Waals surface area contributed by atoms with Gasteiger partial charge in [-0.15, -0.1) is 0 Å². The molecule has 0 amide bonds. The summed E-state index contributed by atoms with van der Waals surface area (Å²) in [6.45, 7) is 6.77. The molecule has 2 N–H and O–H groups in total. The molecule has 0 spiro atoms. The molecule has 0 saturated carbocycles. The lowest BCUT2D eigenvalue weighted by molar-refractivity contribution is 0.0352. The van der Waals surface area contributed by atoms with Crippen molar-refractivity contribution in [2.45, 2.75) is 19.4 Å². The van der Waals surface area contributed by atoms with Gasteiger partial charge in [-0.2, -0.15) is 0 Å². The van der Waals surface area contributed by atoms with Crippen molar-refractivity contribution >= 4 is 0 Å². The van der Waals surface area contributed by atoms with E-state index in [4.69, 9.17) is 10.5 Å². The summed E-state index contributed by atoms with van der Waals surface area (Å²) in [7, 11) is 0. The van der Waals surface area contributed by atoms with E-state index in [1.807, 2.05) is 0 Å². The Labute approximate surface area is 104 Å². The molecule has 17 heavy (non-hydrogen) atoms. The average molecular weight is 234 g/mol. The fourth-order valence-electron chi connectivity index (χ4n) is 2.17. The first kappa shape index (κ1) is 12.6. The molecular weight excluding hydrogens is 212 g/mol. The Kier molecular flexibility index (Phi) is 4.54. The molecule has 1 unspecified atom stereocenters. The van der Waals surface area contributed by atoms with Crippen LogP contribution in [-0.4, -0.2) is 37.7 Å². The second-order valence-electron chi connectivity index (χ2n) is 4.61. The van der Waals surface area contributed by atoms with Gasteiger partial charge in [0.25, 0.3) is 0 Å². The molecule has 1 aromatic carbocycles. The summed E-state index contributed by atoms with van der Waals surface area (Å²) in [4.78, 5) is 2.38. The van der Waals surface area contributed by atoms with Crippen LogP contribution >= 0.6 is 0 Å². The summed E-state index contributed by atoms with van der Waals surface area (Å²) in [6, 6.07) is 8.77. The van der Waals surface area contributed by atoms with Crippen molar-refractivity contribution in [1.29, 1.82) is 0 Å². The van der Waals surface area contributed by atoms with E-state index in [0.717, 1.165) is 39.3 Å². The van der Waals surface area contributed by atoms with Crippen molar-refractivity contribution in [3.63, 3.8) is 0 Å². The monoisotopic (exact) mass is 234 g/mol. The normalized spacial score (nSPS) is 19.2. The molecule has 0 bridgehead atoms. The summed E-state index contributed by atoms with van der Waals surface area (Å²) >= 11 is 0. The van der Waals surface area contributed by atoms with Crippen molar-refractivity contribution in [1.82, 2.24) is 4.90 Å². The van der Waals surface area contributed by atoms with Crippen LogP contribution in [0.3, 0.4) is 0 Å². The van der Waals surface area contributed by atoms with E-state index in [1.165, 1.54) is 11.1 Å². The first-order chi connectivity index (χ1) is 8.29. The molecule has 1 aliphatic heterocycles. The first-order valence-corrected chi connectivity index (χ1v) is 6.44. The van der Waals surface area contributed by atoms with E-state index < -0.39 is 0 Å². The average Bonchev–Trinajstić information content (AvgIpc) is 2.40. The van der Waals surface area contributed by atoms with Gasteiger partial charge in [-0.05, 0) is 17.5 Å². The Hall–Kier alpha value is -0.900. The highest BCUT2D eigenvalue weighted by Gasteiger charge is 2.14. The number of hydrogen-bond donors (Lipinski definition) is 1. The smallest absolute Gasteiger partial charge is 0.0594 e. The molecule has 3 nitrogen and oxygen atoms in total. The molecule has 0 radical (unpaired) electrons. The van der Waals surface area contributed by atoms with Crippen LogP contribution in [0.2, 0.25) is 0 Å². The van der Waals surface area contributed by atoms with Gasteiger partial charge < -0.3 is 10.5 Å². The minimum absolute atomic E-state index is 0.110. The lowest BCUT2D eigenvalue weighted by Gasteiger charge is -2.29. The van der Waals surface area contributed by atoms with Gasteiger partial charge in [0.05, 0.1) is 13.2 Å². The summed E-state index contributed by atoms with van der Waals surface area (Å²) in [5, 5.41) is 0. The van der Waals surface area contributed by atoms with Gasteiger partial charge >= 0.3 is 0 Å². The van der Waals surface area contributed by atoms with Crippen LogP contribution < -0.4 is 5.73 Å². The minimum atomic E-state index is 0.110. The molecule has 3 heteroatoms. The van der Waals surface area contributed by atoms with Crippen molar-refractivity contribution < 1.29 is 4.74 Å². The minimum Gasteiger partial charge on any atom is -0.379 e. The standard InChI is InChI=1S/C14H22N2O/c1-2-12-3-5-13(6-4-12)14(15)11-16-7-9-17-10-8-16/h3-6,14H,2,7-11,15H2,1H3. The summed E-state index contributed by atoms with van der Waals surface area (Å²) in [5.74, 6) is 0. The molecule has 1 aliphatic rings. The van der Waals surface area contributed by atoms with Gasteiger partial charge in [-0.1, -0.05) is 31.2 Å². The Morgan fingerprint density at radius 1 is 1.24 bits per heavy atom. The highest BCUT2D eigenvalue weighted by atomic mass is 16.5. The number of rotatable bonds is 4. The van der Waals surface area contributed by atoms with Crippen molar-refractivity contribution in [3.8, 4) is 0 Å². The van der Waals surface area contributed by atoms with E-state index in [2.05, 4.69) is 36.1 Å². The van der Waals surface area contributed by atoms with Crippen molar-refractivity contribution in [3.05, 3.63) is 35.4 Å². The number of nitrogens with zero attached hydrogens (tertiary/aromatic N) is 1. The Morgan fingerprint density at radius 3 is 2.47 bits per heavy atom.